The molecule has 0 saturated heterocycles. The number of nitrogens with one attached hydrogen (secondary N) is 2. The molecular weight excluding hydrogens is 333 g/mol. The monoisotopic (exact) mass is 344 g/mol. The first-order chi connectivity index (χ1) is 10.9. The highest BCUT2D eigenvalue weighted by Crippen LogP contribution is 2.22. The fourth-order valence-corrected chi connectivity index (χ4v) is 2.10. The van der Waals surface area contributed by atoms with Gasteiger partial charge in [-0.25, -0.2) is 18.0 Å². The first-order valence-corrected chi connectivity index (χ1v) is 6.88. The number of halogens is 4. The molecule has 2 amide bonds. The van der Waals surface area contributed by atoms with Gasteiger partial charge in [-0.2, -0.15) is 0 Å². The second-order valence-electron chi connectivity index (χ2n) is 4.60. The van der Waals surface area contributed by atoms with Gasteiger partial charge in [-0.15, -0.1) is 0 Å². The zero-order valence-corrected chi connectivity index (χ0v) is 12.4. The van der Waals surface area contributed by atoms with Crippen molar-refractivity contribution in [3.05, 3.63) is 64.4 Å². The van der Waals surface area contributed by atoms with Gasteiger partial charge in [0.15, 0.2) is 17.5 Å². The van der Waals surface area contributed by atoms with Gasteiger partial charge < -0.3 is 15.7 Å². The van der Waals surface area contributed by atoms with Gasteiger partial charge in [0.05, 0.1) is 11.8 Å². The quantitative estimate of drug-likeness (QED) is 0.742. The number of aliphatic hydroxyl groups is 1. The van der Waals surface area contributed by atoms with E-state index in [1.165, 1.54) is 0 Å². The number of hydrogen-bond donors (Lipinski definition) is 3. The van der Waals surface area contributed by atoms with Crippen LogP contribution in [0.2, 0.25) is 5.02 Å². The highest BCUT2D eigenvalue weighted by Gasteiger charge is 2.16. The Morgan fingerprint density at radius 2 is 1.83 bits per heavy atom. The van der Waals surface area contributed by atoms with E-state index in [9.17, 15) is 23.1 Å². The summed E-state index contributed by atoms with van der Waals surface area (Å²) in [5, 5.41) is 14.6. The molecule has 2 rings (SSSR count). The van der Waals surface area contributed by atoms with Crippen molar-refractivity contribution < 1.29 is 23.1 Å². The number of rotatable bonds is 4. The number of hydrogen-bond acceptors (Lipinski definition) is 2. The standard InChI is InChI=1S/C15H12ClF3N2O2/c16-9-4-2-1-3-8(9)12(22)7-20-15(23)21-11-6-5-10(17)13(18)14(11)19/h1-6,12,22H,7H2,(H2,20,21,23). The van der Waals surface area contributed by atoms with Gasteiger partial charge in [-0.1, -0.05) is 29.8 Å². The molecule has 0 radical (unpaired) electrons. The Morgan fingerprint density at radius 1 is 1.13 bits per heavy atom. The Kier molecular flexibility index (Phi) is 5.46. The van der Waals surface area contributed by atoms with Gasteiger partial charge in [0.1, 0.15) is 0 Å². The molecule has 0 bridgehead atoms. The molecule has 0 aliphatic carbocycles. The lowest BCUT2D eigenvalue weighted by Crippen LogP contribution is -2.32. The molecule has 0 heterocycles. The van der Waals surface area contributed by atoms with Crippen molar-refractivity contribution >= 4 is 23.3 Å². The smallest absolute Gasteiger partial charge is 0.319 e. The van der Waals surface area contributed by atoms with Crippen molar-refractivity contribution in [2.45, 2.75) is 6.10 Å². The van der Waals surface area contributed by atoms with Crippen LogP contribution in [0.25, 0.3) is 0 Å². The summed E-state index contributed by atoms with van der Waals surface area (Å²) < 4.78 is 39.2. The number of benzene rings is 2. The molecule has 0 saturated carbocycles. The molecule has 2 aromatic carbocycles. The normalized spacial score (nSPS) is 11.9. The van der Waals surface area contributed by atoms with Gasteiger partial charge in [-0.3, -0.25) is 0 Å². The van der Waals surface area contributed by atoms with Crippen LogP contribution in [0, 0.1) is 17.5 Å². The number of aliphatic hydroxyl groups excluding tert-OH is 1. The van der Waals surface area contributed by atoms with E-state index in [0.717, 1.165) is 6.07 Å². The summed E-state index contributed by atoms with van der Waals surface area (Å²) in [6, 6.07) is 7.20. The Hall–Kier alpha value is -2.25. The maximum atomic E-state index is 13.4. The van der Waals surface area contributed by atoms with E-state index < -0.39 is 35.3 Å². The Bertz CT molecular complexity index is 728. The van der Waals surface area contributed by atoms with E-state index in [2.05, 4.69) is 5.32 Å². The summed E-state index contributed by atoms with van der Waals surface area (Å²) in [6.07, 6.45) is -1.08. The summed E-state index contributed by atoms with van der Waals surface area (Å²) in [5.41, 5.74) is -0.109. The van der Waals surface area contributed by atoms with Crippen LogP contribution in [-0.2, 0) is 0 Å². The largest absolute Gasteiger partial charge is 0.387 e. The van der Waals surface area contributed by atoms with Crippen molar-refractivity contribution in [3.8, 4) is 0 Å². The third-order valence-electron chi connectivity index (χ3n) is 3.00. The predicted octanol–water partition coefficient (Wildman–Crippen LogP) is 3.61. The lowest BCUT2D eigenvalue weighted by atomic mass is 10.1. The second kappa shape index (κ2) is 7.34. The summed E-state index contributed by atoms with van der Waals surface area (Å²) in [6.45, 7) is -0.207. The van der Waals surface area contributed by atoms with Crippen molar-refractivity contribution in [1.29, 1.82) is 0 Å². The van der Waals surface area contributed by atoms with Crippen LogP contribution >= 0.6 is 11.6 Å². The van der Waals surface area contributed by atoms with E-state index in [1.54, 1.807) is 24.3 Å². The number of carbonyl (C=O) groups is 1. The first-order valence-electron chi connectivity index (χ1n) is 6.51. The van der Waals surface area contributed by atoms with Crippen LogP contribution < -0.4 is 10.6 Å². The zero-order chi connectivity index (χ0) is 17.0. The van der Waals surface area contributed by atoms with Crippen LogP contribution in [0.4, 0.5) is 23.7 Å². The number of carbonyl (C=O) groups excluding carboxylic acids is 1. The van der Waals surface area contributed by atoms with E-state index in [0.29, 0.717) is 16.7 Å². The number of urea groups is 1. The molecule has 0 spiro atoms. The van der Waals surface area contributed by atoms with Crippen LogP contribution in [0.5, 0.6) is 0 Å². The fourth-order valence-electron chi connectivity index (χ4n) is 1.83. The molecule has 2 aromatic rings. The van der Waals surface area contributed by atoms with Crippen LogP contribution in [-0.4, -0.2) is 17.7 Å². The third-order valence-corrected chi connectivity index (χ3v) is 3.35. The molecular formula is C15H12ClF3N2O2. The Labute approximate surface area is 134 Å². The maximum absolute atomic E-state index is 13.4. The van der Waals surface area contributed by atoms with E-state index in [1.807, 2.05) is 5.32 Å². The topological polar surface area (TPSA) is 61.4 Å². The second-order valence-corrected chi connectivity index (χ2v) is 5.00. The van der Waals surface area contributed by atoms with Crippen molar-refractivity contribution in [2.24, 2.45) is 0 Å². The number of anilines is 1. The predicted molar refractivity (Wildman–Crippen MR) is 79.7 cm³/mol. The van der Waals surface area contributed by atoms with Gasteiger partial charge in [0, 0.05) is 17.1 Å². The fraction of sp³-hybridized carbons (Fsp3) is 0.133. The minimum absolute atomic E-state index is 0.207. The van der Waals surface area contributed by atoms with Crippen LogP contribution in [0.3, 0.4) is 0 Å². The minimum atomic E-state index is -1.68. The van der Waals surface area contributed by atoms with Crippen molar-refractivity contribution in [1.82, 2.24) is 5.32 Å². The third kappa shape index (κ3) is 4.14. The summed E-state index contributed by atoms with van der Waals surface area (Å²) >= 11 is 5.90. The Morgan fingerprint density at radius 3 is 2.52 bits per heavy atom. The molecule has 122 valence electrons. The average Bonchev–Trinajstić information content (AvgIpc) is 2.53. The Balaban J connectivity index is 1.96. The molecule has 1 atom stereocenters. The molecule has 0 fully saturated rings. The van der Waals surface area contributed by atoms with E-state index >= 15 is 0 Å². The molecule has 1 unspecified atom stereocenters. The molecule has 3 N–H and O–H groups in total. The van der Waals surface area contributed by atoms with Crippen molar-refractivity contribution in [3.63, 3.8) is 0 Å². The van der Waals surface area contributed by atoms with Crippen molar-refractivity contribution in [2.75, 3.05) is 11.9 Å². The van der Waals surface area contributed by atoms with Crippen LogP contribution in [0.15, 0.2) is 36.4 Å². The van der Waals surface area contributed by atoms with E-state index in [4.69, 9.17) is 11.6 Å². The highest BCUT2D eigenvalue weighted by molar-refractivity contribution is 6.31. The molecule has 0 aliphatic rings. The van der Waals surface area contributed by atoms with Gasteiger partial charge in [-0.05, 0) is 18.2 Å². The van der Waals surface area contributed by atoms with Gasteiger partial charge in [0.2, 0.25) is 0 Å². The molecule has 8 heteroatoms. The molecule has 0 aromatic heterocycles. The maximum Gasteiger partial charge on any atom is 0.319 e. The van der Waals surface area contributed by atoms with Gasteiger partial charge in [0.25, 0.3) is 0 Å². The van der Waals surface area contributed by atoms with E-state index in [-0.39, 0.29) is 6.54 Å². The summed E-state index contributed by atoms with van der Waals surface area (Å²) in [5.74, 6) is -4.55. The summed E-state index contributed by atoms with van der Waals surface area (Å²) in [7, 11) is 0. The average molecular weight is 345 g/mol. The number of amides is 2. The SMILES string of the molecule is O=C(NCC(O)c1ccccc1Cl)Nc1ccc(F)c(F)c1F. The van der Waals surface area contributed by atoms with Gasteiger partial charge >= 0.3 is 6.03 Å². The highest BCUT2D eigenvalue weighted by atomic mass is 35.5. The lowest BCUT2D eigenvalue weighted by Gasteiger charge is -2.14. The molecule has 4 nitrogen and oxygen atoms in total. The minimum Gasteiger partial charge on any atom is -0.387 e. The zero-order valence-electron chi connectivity index (χ0n) is 11.6. The molecule has 23 heavy (non-hydrogen) atoms. The van der Waals surface area contributed by atoms with Crippen LogP contribution in [0.1, 0.15) is 11.7 Å². The summed E-state index contributed by atoms with van der Waals surface area (Å²) in [4.78, 5) is 11.6. The first kappa shape index (κ1) is 17.1. The molecule has 0 aliphatic heterocycles. The lowest BCUT2D eigenvalue weighted by molar-refractivity contribution is 0.175.